The van der Waals surface area contributed by atoms with Gasteiger partial charge >= 0.3 is 0 Å². The van der Waals surface area contributed by atoms with Gasteiger partial charge in [0.1, 0.15) is 0 Å². The molecule has 2 nitrogen and oxygen atoms in total. The number of nitrogens with two attached hydrogens (primary N) is 1. The lowest BCUT2D eigenvalue weighted by Gasteiger charge is -2.33. The lowest BCUT2D eigenvalue weighted by atomic mass is 9.94. The fraction of sp³-hybridized carbons (Fsp3) is 1.00. The Morgan fingerprint density at radius 3 is 2.57 bits per heavy atom. The number of likely N-dealkylation sites (tertiary alicyclic amines) is 1. The molecule has 14 heavy (non-hydrogen) atoms. The number of rotatable bonds is 2. The summed E-state index contributed by atoms with van der Waals surface area (Å²) in [5.74, 6) is 1.63. The van der Waals surface area contributed by atoms with Crippen molar-refractivity contribution in [2.75, 3.05) is 20.1 Å². The molecule has 0 aromatic heterocycles. The average molecular weight is 196 g/mol. The number of piperidine rings is 1. The summed E-state index contributed by atoms with van der Waals surface area (Å²) in [5, 5.41) is 0. The smallest absolute Gasteiger partial charge is 0.0129 e. The van der Waals surface area contributed by atoms with Crippen molar-refractivity contribution in [1.29, 1.82) is 0 Å². The molecule has 1 aliphatic carbocycles. The van der Waals surface area contributed by atoms with E-state index < -0.39 is 0 Å². The third kappa shape index (κ3) is 1.49. The van der Waals surface area contributed by atoms with Gasteiger partial charge in [-0.25, -0.2) is 0 Å². The molecule has 0 bridgehead atoms. The molecule has 1 aliphatic heterocycles. The van der Waals surface area contributed by atoms with Crippen molar-refractivity contribution in [1.82, 2.24) is 4.90 Å². The second kappa shape index (κ2) is 3.49. The molecule has 0 aromatic rings. The zero-order valence-corrected chi connectivity index (χ0v) is 9.79. The van der Waals surface area contributed by atoms with Gasteiger partial charge in [0, 0.05) is 6.04 Å². The minimum absolute atomic E-state index is 0.505. The molecule has 2 heteroatoms. The van der Waals surface area contributed by atoms with E-state index in [0.717, 1.165) is 24.4 Å². The fourth-order valence-electron chi connectivity index (χ4n) is 3.56. The largest absolute Gasteiger partial charge is 0.330 e. The van der Waals surface area contributed by atoms with Crippen molar-refractivity contribution in [2.24, 2.45) is 23.0 Å². The van der Waals surface area contributed by atoms with E-state index in [1.807, 2.05) is 0 Å². The molecular formula is C12H24N2. The molecule has 2 rings (SSSR count). The standard InChI is InChI=1S/C12H24N2/c1-12(2)9(8-13)11(12)10-6-4-5-7-14(10)3/h9-11H,4-8,13H2,1-3H3/t9-,10?,11+/m1/s1. The van der Waals surface area contributed by atoms with Crippen LogP contribution in [0.3, 0.4) is 0 Å². The van der Waals surface area contributed by atoms with Crippen LogP contribution < -0.4 is 5.73 Å². The summed E-state index contributed by atoms with van der Waals surface area (Å²) in [6.45, 7) is 6.94. The van der Waals surface area contributed by atoms with E-state index in [0.29, 0.717) is 5.41 Å². The molecule has 2 N–H and O–H groups in total. The molecule has 0 radical (unpaired) electrons. The normalized spacial score (nSPS) is 42.4. The van der Waals surface area contributed by atoms with Gasteiger partial charge in [0.15, 0.2) is 0 Å². The Kier molecular flexibility index (Phi) is 2.61. The maximum absolute atomic E-state index is 5.83. The summed E-state index contributed by atoms with van der Waals surface area (Å²) in [5.41, 5.74) is 6.34. The zero-order valence-electron chi connectivity index (χ0n) is 9.79. The Hall–Kier alpha value is -0.0800. The predicted octanol–water partition coefficient (Wildman–Crippen LogP) is 1.70. The van der Waals surface area contributed by atoms with E-state index in [-0.39, 0.29) is 0 Å². The Balaban J connectivity index is 2.02. The minimum atomic E-state index is 0.505. The highest BCUT2D eigenvalue weighted by atomic mass is 15.1. The third-order valence-corrected chi connectivity index (χ3v) is 4.63. The number of hydrogen-bond acceptors (Lipinski definition) is 2. The first-order valence-corrected chi connectivity index (χ1v) is 5.99. The highest BCUT2D eigenvalue weighted by molar-refractivity contribution is 5.10. The van der Waals surface area contributed by atoms with Crippen LogP contribution in [0.5, 0.6) is 0 Å². The predicted molar refractivity (Wildman–Crippen MR) is 60.1 cm³/mol. The summed E-state index contributed by atoms with van der Waals surface area (Å²) in [6.07, 6.45) is 4.19. The molecule has 0 aromatic carbocycles. The van der Waals surface area contributed by atoms with Gasteiger partial charge in [-0.2, -0.15) is 0 Å². The summed E-state index contributed by atoms with van der Waals surface area (Å²) < 4.78 is 0. The fourth-order valence-corrected chi connectivity index (χ4v) is 3.56. The summed E-state index contributed by atoms with van der Waals surface area (Å²) in [7, 11) is 2.28. The van der Waals surface area contributed by atoms with E-state index >= 15 is 0 Å². The van der Waals surface area contributed by atoms with Crippen LogP contribution in [0.15, 0.2) is 0 Å². The van der Waals surface area contributed by atoms with E-state index in [1.54, 1.807) is 0 Å². The van der Waals surface area contributed by atoms with E-state index in [9.17, 15) is 0 Å². The number of nitrogens with zero attached hydrogens (tertiary/aromatic N) is 1. The van der Waals surface area contributed by atoms with Gasteiger partial charge in [0.2, 0.25) is 0 Å². The summed E-state index contributed by atoms with van der Waals surface area (Å²) in [4.78, 5) is 2.56. The van der Waals surface area contributed by atoms with E-state index in [2.05, 4.69) is 25.8 Å². The SMILES string of the molecule is CN1CCCCC1[C@@H]1[C@@H](CN)C1(C)C. The van der Waals surface area contributed by atoms with Crippen LogP contribution in [0.4, 0.5) is 0 Å². The van der Waals surface area contributed by atoms with Gasteiger partial charge in [-0.1, -0.05) is 20.3 Å². The van der Waals surface area contributed by atoms with Gasteiger partial charge in [-0.05, 0) is 50.2 Å². The van der Waals surface area contributed by atoms with Gasteiger partial charge in [0.25, 0.3) is 0 Å². The Bertz CT molecular complexity index is 212. The summed E-state index contributed by atoms with van der Waals surface area (Å²) in [6, 6.07) is 0.812. The first-order chi connectivity index (χ1) is 6.59. The van der Waals surface area contributed by atoms with Crippen LogP contribution in [0.2, 0.25) is 0 Å². The lowest BCUT2D eigenvalue weighted by molar-refractivity contribution is 0.150. The molecule has 1 unspecified atom stereocenters. The molecule has 2 aliphatic rings. The molecular weight excluding hydrogens is 172 g/mol. The molecule has 1 saturated heterocycles. The van der Waals surface area contributed by atoms with Crippen molar-refractivity contribution >= 4 is 0 Å². The minimum Gasteiger partial charge on any atom is -0.330 e. The van der Waals surface area contributed by atoms with Crippen molar-refractivity contribution in [3.8, 4) is 0 Å². The highest BCUT2D eigenvalue weighted by Gasteiger charge is 2.60. The van der Waals surface area contributed by atoms with Crippen LogP contribution in [0.1, 0.15) is 33.1 Å². The maximum Gasteiger partial charge on any atom is 0.0129 e. The van der Waals surface area contributed by atoms with Gasteiger partial charge in [-0.3, -0.25) is 0 Å². The van der Waals surface area contributed by atoms with Crippen molar-refractivity contribution in [2.45, 2.75) is 39.2 Å². The monoisotopic (exact) mass is 196 g/mol. The van der Waals surface area contributed by atoms with Crippen molar-refractivity contribution in [3.05, 3.63) is 0 Å². The first-order valence-electron chi connectivity index (χ1n) is 5.99. The Labute approximate surface area is 87.8 Å². The maximum atomic E-state index is 5.83. The topological polar surface area (TPSA) is 29.3 Å². The highest BCUT2D eigenvalue weighted by Crippen LogP contribution is 2.61. The quantitative estimate of drug-likeness (QED) is 0.728. The first kappa shape index (κ1) is 10.4. The second-order valence-corrected chi connectivity index (χ2v) is 5.73. The average Bonchev–Trinajstić information content (AvgIpc) is 2.69. The third-order valence-electron chi connectivity index (χ3n) is 4.63. The van der Waals surface area contributed by atoms with Crippen LogP contribution >= 0.6 is 0 Å². The molecule has 1 saturated carbocycles. The zero-order chi connectivity index (χ0) is 10.3. The van der Waals surface area contributed by atoms with E-state index in [4.69, 9.17) is 5.73 Å². The van der Waals surface area contributed by atoms with Crippen LogP contribution in [0, 0.1) is 17.3 Å². The Morgan fingerprint density at radius 1 is 1.36 bits per heavy atom. The molecule has 82 valence electrons. The van der Waals surface area contributed by atoms with E-state index in [1.165, 1.54) is 25.8 Å². The van der Waals surface area contributed by atoms with Crippen LogP contribution in [-0.2, 0) is 0 Å². The van der Waals surface area contributed by atoms with Crippen LogP contribution in [-0.4, -0.2) is 31.1 Å². The summed E-state index contributed by atoms with van der Waals surface area (Å²) >= 11 is 0. The molecule has 2 fully saturated rings. The molecule has 0 spiro atoms. The van der Waals surface area contributed by atoms with Crippen molar-refractivity contribution in [3.63, 3.8) is 0 Å². The van der Waals surface area contributed by atoms with Crippen molar-refractivity contribution < 1.29 is 0 Å². The Morgan fingerprint density at radius 2 is 2.07 bits per heavy atom. The van der Waals surface area contributed by atoms with Gasteiger partial charge in [0.05, 0.1) is 0 Å². The second-order valence-electron chi connectivity index (χ2n) is 5.73. The molecule has 3 atom stereocenters. The van der Waals surface area contributed by atoms with Gasteiger partial charge < -0.3 is 10.6 Å². The lowest BCUT2D eigenvalue weighted by Crippen LogP contribution is -2.39. The van der Waals surface area contributed by atoms with Crippen LogP contribution in [0.25, 0.3) is 0 Å². The van der Waals surface area contributed by atoms with Gasteiger partial charge in [-0.15, -0.1) is 0 Å². The number of hydrogen-bond donors (Lipinski definition) is 1. The molecule has 0 amide bonds. The molecule has 1 heterocycles.